The molecule has 0 saturated carbocycles. The lowest BCUT2D eigenvalue weighted by Gasteiger charge is -2.07. The number of aromatic nitrogens is 2. The monoisotopic (exact) mass is 200 g/mol. The van der Waals surface area contributed by atoms with Gasteiger partial charge in [-0.05, 0) is 17.7 Å². The lowest BCUT2D eigenvalue weighted by molar-refractivity contribution is 0.229. The molecular weight excluding hydrogens is 188 g/mol. The van der Waals surface area contributed by atoms with Gasteiger partial charge in [-0.15, -0.1) is 6.58 Å². The largest absolute Gasteiger partial charge is 0.384 e. The van der Waals surface area contributed by atoms with Gasteiger partial charge in [0.2, 0.25) is 0 Å². The van der Waals surface area contributed by atoms with Gasteiger partial charge < -0.3 is 9.67 Å². The van der Waals surface area contributed by atoms with E-state index < -0.39 is 6.10 Å². The third kappa shape index (κ3) is 1.97. The maximum atomic E-state index is 9.51. The first-order chi connectivity index (χ1) is 7.31. The van der Waals surface area contributed by atoms with Crippen molar-refractivity contribution in [1.29, 1.82) is 0 Å². The first kappa shape index (κ1) is 9.68. The number of benzene rings is 1. The van der Waals surface area contributed by atoms with E-state index >= 15 is 0 Å². The lowest BCUT2D eigenvalue weighted by atomic mass is 10.1. The molecule has 0 saturated heterocycles. The minimum Gasteiger partial charge on any atom is -0.384 e. The molecule has 1 heterocycles. The Hall–Kier alpha value is -1.87. The molecule has 1 aromatic heterocycles. The second kappa shape index (κ2) is 4.11. The van der Waals surface area contributed by atoms with Crippen LogP contribution in [0.15, 0.2) is 55.6 Å². The second-order valence-electron chi connectivity index (χ2n) is 3.24. The standard InChI is InChI=1S/C12H12N2O/c1-2-12(15)10-3-5-11(6-4-10)14-8-7-13-9-14/h2-9,12,15H,1H2. The zero-order valence-electron chi connectivity index (χ0n) is 8.24. The van der Waals surface area contributed by atoms with Crippen LogP contribution in [0.5, 0.6) is 0 Å². The quantitative estimate of drug-likeness (QED) is 0.770. The molecule has 0 aliphatic heterocycles. The highest BCUT2D eigenvalue weighted by molar-refractivity contribution is 5.35. The van der Waals surface area contributed by atoms with Crippen LogP contribution in [0.1, 0.15) is 11.7 Å². The van der Waals surface area contributed by atoms with E-state index in [1.807, 2.05) is 35.0 Å². The van der Waals surface area contributed by atoms with Crippen molar-refractivity contribution < 1.29 is 5.11 Å². The maximum Gasteiger partial charge on any atom is 0.0991 e. The van der Waals surface area contributed by atoms with Crippen molar-refractivity contribution >= 4 is 0 Å². The van der Waals surface area contributed by atoms with Crippen molar-refractivity contribution in [2.24, 2.45) is 0 Å². The molecule has 0 spiro atoms. The topological polar surface area (TPSA) is 38.0 Å². The Morgan fingerprint density at radius 2 is 2.07 bits per heavy atom. The van der Waals surface area contributed by atoms with Crippen LogP contribution in [0.2, 0.25) is 0 Å². The van der Waals surface area contributed by atoms with E-state index in [4.69, 9.17) is 0 Å². The van der Waals surface area contributed by atoms with Gasteiger partial charge in [-0.3, -0.25) is 0 Å². The predicted octanol–water partition coefficient (Wildman–Crippen LogP) is 2.09. The van der Waals surface area contributed by atoms with Crippen molar-refractivity contribution in [3.05, 3.63) is 61.2 Å². The van der Waals surface area contributed by atoms with Crippen molar-refractivity contribution in [2.45, 2.75) is 6.10 Å². The van der Waals surface area contributed by atoms with Crippen LogP contribution in [-0.4, -0.2) is 14.7 Å². The summed E-state index contributed by atoms with van der Waals surface area (Å²) in [4.78, 5) is 3.97. The summed E-state index contributed by atoms with van der Waals surface area (Å²) >= 11 is 0. The maximum absolute atomic E-state index is 9.51. The molecule has 2 aromatic rings. The van der Waals surface area contributed by atoms with E-state index in [1.54, 1.807) is 12.5 Å². The first-order valence-corrected chi connectivity index (χ1v) is 4.70. The van der Waals surface area contributed by atoms with Crippen LogP contribution in [-0.2, 0) is 0 Å². The van der Waals surface area contributed by atoms with Gasteiger partial charge in [0.15, 0.2) is 0 Å². The Balaban J connectivity index is 2.28. The molecule has 0 aliphatic carbocycles. The summed E-state index contributed by atoms with van der Waals surface area (Å²) in [5, 5.41) is 9.51. The second-order valence-corrected chi connectivity index (χ2v) is 3.24. The van der Waals surface area contributed by atoms with E-state index in [-0.39, 0.29) is 0 Å². The number of imidazole rings is 1. The Morgan fingerprint density at radius 1 is 1.33 bits per heavy atom. The fourth-order valence-electron chi connectivity index (χ4n) is 1.39. The molecule has 3 heteroatoms. The van der Waals surface area contributed by atoms with E-state index in [9.17, 15) is 5.11 Å². The molecule has 1 atom stereocenters. The third-order valence-corrected chi connectivity index (χ3v) is 2.26. The average Bonchev–Trinajstić information content (AvgIpc) is 2.82. The number of hydrogen-bond donors (Lipinski definition) is 1. The fourth-order valence-corrected chi connectivity index (χ4v) is 1.39. The third-order valence-electron chi connectivity index (χ3n) is 2.26. The van der Waals surface area contributed by atoms with E-state index in [0.717, 1.165) is 11.3 Å². The van der Waals surface area contributed by atoms with Crippen LogP contribution >= 0.6 is 0 Å². The summed E-state index contributed by atoms with van der Waals surface area (Å²) in [6, 6.07) is 7.62. The van der Waals surface area contributed by atoms with Gasteiger partial charge in [-0.1, -0.05) is 18.2 Å². The molecule has 76 valence electrons. The average molecular weight is 200 g/mol. The minimum absolute atomic E-state index is 0.596. The van der Waals surface area contributed by atoms with Crippen LogP contribution in [0.3, 0.4) is 0 Å². The zero-order valence-corrected chi connectivity index (χ0v) is 8.24. The highest BCUT2D eigenvalue weighted by Gasteiger charge is 2.02. The molecule has 0 aliphatic rings. The SMILES string of the molecule is C=CC(O)c1ccc(-n2ccnc2)cc1. The Kier molecular flexibility index (Phi) is 2.65. The predicted molar refractivity (Wildman–Crippen MR) is 58.7 cm³/mol. The summed E-state index contributed by atoms with van der Waals surface area (Å²) < 4.78 is 1.91. The minimum atomic E-state index is -0.596. The fraction of sp³-hybridized carbons (Fsp3) is 0.0833. The van der Waals surface area contributed by atoms with E-state index in [1.165, 1.54) is 6.08 Å². The van der Waals surface area contributed by atoms with Crippen molar-refractivity contribution in [1.82, 2.24) is 9.55 Å². The highest BCUT2D eigenvalue weighted by atomic mass is 16.3. The first-order valence-electron chi connectivity index (χ1n) is 4.70. The summed E-state index contributed by atoms with van der Waals surface area (Å²) in [7, 11) is 0. The number of rotatable bonds is 3. The molecule has 15 heavy (non-hydrogen) atoms. The van der Waals surface area contributed by atoms with Gasteiger partial charge in [-0.25, -0.2) is 4.98 Å². The normalized spacial score (nSPS) is 12.3. The lowest BCUT2D eigenvalue weighted by Crippen LogP contribution is -1.94. The van der Waals surface area contributed by atoms with Gasteiger partial charge in [0.25, 0.3) is 0 Å². The number of hydrogen-bond acceptors (Lipinski definition) is 2. The van der Waals surface area contributed by atoms with Crippen LogP contribution in [0, 0.1) is 0 Å². The van der Waals surface area contributed by atoms with Crippen LogP contribution in [0.25, 0.3) is 5.69 Å². The summed E-state index contributed by atoms with van der Waals surface area (Å²) in [6.07, 6.45) is 6.25. The van der Waals surface area contributed by atoms with E-state index in [2.05, 4.69) is 11.6 Å². The summed E-state index contributed by atoms with van der Waals surface area (Å²) in [6.45, 7) is 3.54. The smallest absolute Gasteiger partial charge is 0.0991 e. The van der Waals surface area contributed by atoms with Crippen LogP contribution < -0.4 is 0 Å². The molecular formula is C12H12N2O. The Bertz CT molecular complexity index is 431. The molecule has 1 aromatic carbocycles. The molecule has 2 rings (SSSR count). The van der Waals surface area contributed by atoms with Gasteiger partial charge in [0.1, 0.15) is 0 Å². The molecule has 0 fully saturated rings. The molecule has 0 radical (unpaired) electrons. The molecule has 1 N–H and O–H groups in total. The van der Waals surface area contributed by atoms with Gasteiger partial charge in [0, 0.05) is 18.1 Å². The van der Waals surface area contributed by atoms with Crippen molar-refractivity contribution in [2.75, 3.05) is 0 Å². The molecule has 0 bridgehead atoms. The molecule has 3 nitrogen and oxygen atoms in total. The summed E-state index contributed by atoms with van der Waals surface area (Å²) in [5.74, 6) is 0. The number of aliphatic hydroxyl groups is 1. The summed E-state index contributed by atoms with van der Waals surface area (Å²) in [5.41, 5.74) is 1.86. The number of aliphatic hydroxyl groups excluding tert-OH is 1. The highest BCUT2D eigenvalue weighted by Crippen LogP contribution is 2.16. The zero-order chi connectivity index (χ0) is 10.7. The van der Waals surface area contributed by atoms with Crippen molar-refractivity contribution in [3.63, 3.8) is 0 Å². The van der Waals surface area contributed by atoms with Crippen molar-refractivity contribution in [3.8, 4) is 5.69 Å². The van der Waals surface area contributed by atoms with Gasteiger partial charge >= 0.3 is 0 Å². The van der Waals surface area contributed by atoms with Gasteiger partial charge in [-0.2, -0.15) is 0 Å². The van der Waals surface area contributed by atoms with E-state index in [0.29, 0.717) is 0 Å². The molecule has 1 unspecified atom stereocenters. The number of nitrogens with zero attached hydrogens (tertiary/aromatic N) is 2. The Labute approximate surface area is 88.3 Å². The van der Waals surface area contributed by atoms with Gasteiger partial charge in [0.05, 0.1) is 12.4 Å². The molecule has 0 amide bonds. The Morgan fingerprint density at radius 3 is 2.60 bits per heavy atom. The van der Waals surface area contributed by atoms with Crippen LogP contribution in [0.4, 0.5) is 0 Å².